The van der Waals surface area contributed by atoms with E-state index >= 15 is 0 Å². The van der Waals surface area contributed by atoms with Gasteiger partial charge in [0.2, 0.25) is 10.0 Å². The van der Waals surface area contributed by atoms with Crippen LogP contribution in [-0.4, -0.2) is 39.0 Å². The van der Waals surface area contributed by atoms with Crippen molar-refractivity contribution in [3.63, 3.8) is 0 Å². The van der Waals surface area contributed by atoms with E-state index in [0.717, 1.165) is 6.07 Å². The maximum atomic E-state index is 12.1. The molecular formula is C18H23N3O5S. The van der Waals surface area contributed by atoms with E-state index in [-0.39, 0.29) is 22.9 Å². The standard InChI is InChI=1S/C18H23N3O5S/c1-5-9-20-27(24,25)15-8-6-7-14(10-15)17(23)26-11-16(22)21-18(4,12-19)13(2)3/h5-8,10,13,20H,1,9,11H2,2-4H3,(H,21,22)/t18-/m1/s1. The summed E-state index contributed by atoms with van der Waals surface area (Å²) < 4.78 is 31.4. The van der Waals surface area contributed by atoms with E-state index in [0.29, 0.717) is 0 Å². The van der Waals surface area contributed by atoms with Gasteiger partial charge in [-0.25, -0.2) is 17.9 Å². The second kappa shape index (κ2) is 9.30. The molecule has 0 spiro atoms. The number of nitrogens with one attached hydrogen (secondary N) is 2. The molecule has 0 saturated heterocycles. The Labute approximate surface area is 159 Å². The molecule has 0 unspecified atom stereocenters. The Morgan fingerprint density at radius 1 is 1.41 bits per heavy atom. The molecule has 0 heterocycles. The molecule has 2 N–H and O–H groups in total. The van der Waals surface area contributed by atoms with Gasteiger partial charge in [0.25, 0.3) is 5.91 Å². The van der Waals surface area contributed by atoms with Crippen molar-refractivity contribution in [3.8, 4) is 6.07 Å². The molecule has 0 aromatic heterocycles. The summed E-state index contributed by atoms with van der Waals surface area (Å²) in [6.07, 6.45) is 1.39. The first-order valence-corrected chi connectivity index (χ1v) is 9.64. The Morgan fingerprint density at radius 3 is 2.63 bits per heavy atom. The van der Waals surface area contributed by atoms with Gasteiger partial charge in [-0.1, -0.05) is 26.0 Å². The van der Waals surface area contributed by atoms with Gasteiger partial charge in [0, 0.05) is 6.54 Å². The fourth-order valence-corrected chi connectivity index (χ4v) is 2.93. The zero-order chi connectivity index (χ0) is 20.7. The molecule has 0 aliphatic rings. The van der Waals surface area contributed by atoms with Gasteiger partial charge < -0.3 is 10.1 Å². The van der Waals surface area contributed by atoms with Crippen LogP contribution < -0.4 is 10.0 Å². The lowest BCUT2D eigenvalue weighted by molar-refractivity contribution is -0.125. The van der Waals surface area contributed by atoms with Crippen LogP contribution in [0.25, 0.3) is 0 Å². The summed E-state index contributed by atoms with van der Waals surface area (Å²) in [5.74, 6) is -1.63. The normalized spacial score (nSPS) is 13.3. The van der Waals surface area contributed by atoms with E-state index in [1.807, 2.05) is 6.07 Å². The fourth-order valence-electron chi connectivity index (χ4n) is 1.88. The summed E-state index contributed by atoms with van der Waals surface area (Å²) in [5, 5.41) is 11.7. The lowest BCUT2D eigenvalue weighted by Crippen LogP contribution is -2.50. The molecular weight excluding hydrogens is 370 g/mol. The summed E-state index contributed by atoms with van der Waals surface area (Å²) in [5.41, 5.74) is -1.11. The van der Waals surface area contributed by atoms with Crippen molar-refractivity contribution in [1.29, 1.82) is 5.26 Å². The molecule has 27 heavy (non-hydrogen) atoms. The topological polar surface area (TPSA) is 125 Å². The molecule has 0 bridgehead atoms. The monoisotopic (exact) mass is 393 g/mol. The molecule has 1 aromatic rings. The minimum Gasteiger partial charge on any atom is -0.452 e. The van der Waals surface area contributed by atoms with Crippen molar-refractivity contribution < 1.29 is 22.7 Å². The molecule has 0 fully saturated rings. The molecule has 1 aromatic carbocycles. The second-order valence-corrected chi connectivity index (χ2v) is 8.03. The number of nitriles is 1. The highest BCUT2D eigenvalue weighted by Gasteiger charge is 2.30. The molecule has 0 aliphatic heterocycles. The number of benzene rings is 1. The third-order valence-electron chi connectivity index (χ3n) is 3.92. The van der Waals surface area contributed by atoms with Crippen LogP contribution in [0.15, 0.2) is 41.8 Å². The minimum absolute atomic E-state index is 0.0174. The number of amides is 1. The van der Waals surface area contributed by atoms with Crippen LogP contribution >= 0.6 is 0 Å². The molecule has 1 amide bonds. The van der Waals surface area contributed by atoms with E-state index in [2.05, 4.69) is 16.6 Å². The summed E-state index contributed by atoms with van der Waals surface area (Å²) in [7, 11) is -3.79. The van der Waals surface area contributed by atoms with Crippen LogP contribution in [-0.2, 0) is 19.6 Å². The van der Waals surface area contributed by atoms with Crippen LogP contribution in [0.1, 0.15) is 31.1 Å². The Bertz CT molecular complexity index is 858. The Hall–Kier alpha value is -2.70. The van der Waals surface area contributed by atoms with Gasteiger partial charge in [-0.3, -0.25) is 4.79 Å². The number of ether oxygens (including phenoxy) is 1. The molecule has 0 radical (unpaired) electrons. The number of hydrogen-bond acceptors (Lipinski definition) is 6. The zero-order valence-electron chi connectivity index (χ0n) is 15.5. The van der Waals surface area contributed by atoms with Gasteiger partial charge in [-0.05, 0) is 31.0 Å². The highest BCUT2D eigenvalue weighted by molar-refractivity contribution is 7.89. The molecule has 146 valence electrons. The van der Waals surface area contributed by atoms with E-state index in [4.69, 9.17) is 4.74 Å². The average molecular weight is 393 g/mol. The summed E-state index contributed by atoms with van der Waals surface area (Å²) in [6, 6.07) is 7.27. The van der Waals surface area contributed by atoms with E-state index in [1.54, 1.807) is 20.8 Å². The largest absolute Gasteiger partial charge is 0.452 e. The van der Waals surface area contributed by atoms with E-state index in [9.17, 15) is 23.3 Å². The SMILES string of the molecule is C=CCNS(=O)(=O)c1cccc(C(=O)OCC(=O)N[C@](C)(C#N)C(C)C)c1. The lowest BCUT2D eigenvalue weighted by atomic mass is 9.90. The van der Waals surface area contributed by atoms with Crippen molar-refractivity contribution in [3.05, 3.63) is 42.5 Å². The number of carbonyl (C=O) groups is 2. The Balaban J connectivity index is 2.79. The molecule has 8 nitrogen and oxygen atoms in total. The smallest absolute Gasteiger partial charge is 0.338 e. The number of esters is 1. The van der Waals surface area contributed by atoms with Crippen LogP contribution in [0.4, 0.5) is 0 Å². The third kappa shape index (κ3) is 6.20. The van der Waals surface area contributed by atoms with E-state index in [1.165, 1.54) is 24.3 Å². The van der Waals surface area contributed by atoms with Gasteiger partial charge in [0.05, 0.1) is 16.5 Å². The first-order valence-electron chi connectivity index (χ1n) is 8.15. The number of sulfonamides is 1. The van der Waals surface area contributed by atoms with Crippen LogP contribution in [0, 0.1) is 17.2 Å². The Morgan fingerprint density at radius 2 is 2.07 bits per heavy atom. The molecule has 0 aliphatic carbocycles. The van der Waals surface area contributed by atoms with Crippen molar-refractivity contribution >= 4 is 21.9 Å². The van der Waals surface area contributed by atoms with Crippen molar-refractivity contribution in [2.24, 2.45) is 5.92 Å². The predicted octanol–water partition coefficient (Wildman–Crippen LogP) is 1.36. The summed E-state index contributed by atoms with van der Waals surface area (Å²) >= 11 is 0. The minimum atomic E-state index is -3.79. The lowest BCUT2D eigenvalue weighted by Gasteiger charge is -2.27. The maximum Gasteiger partial charge on any atom is 0.338 e. The average Bonchev–Trinajstić information content (AvgIpc) is 2.64. The van der Waals surface area contributed by atoms with Crippen molar-refractivity contribution in [2.75, 3.05) is 13.2 Å². The number of carbonyl (C=O) groups excluding carboxylic acids is 2. The Kier molecular flexibility index (Phi) is 7.69. The summed E-state index contributed by atoms with van der Waals surface area (Å²) in [4.78, 5) is 23.9. The van der Waals surface area contributed by atoms with Gasteiger partial charge in [-0.2, -0.15) is 5.26 Å². The van der Waals surface area contributed by atoms with Gasteiger partial charge in [0.1, 0.15) is 5.54 Å². The second-order valence-electron chi connectivity index (χ2n) is 6.26. The van der Waals surface area contributed by atoms with Crippen molar-refractivity contribution in [2.45, 2.75) is 31.2 Å². The predicted molar refractivity (Wildman–Crippen MR) is 99.1 cm³/mol. The highest BCUT2D eigenvalue weighted by Crippen LogP contribution is 2.15. The number of hydrogen-bond donors (Lipinski definition) is 2. The van der Waals surface area contributed by atoms with Crippen LogP contribution in [0.5, 0.6) is 0 Å². The number of rotatable bonds is 9. The first kappa shape index (κ1) is 22.3. The molecule has 0 saturated carbocycles. The zero-order valence-corrected chi connectivity index (χ0v) is 16.3. The molecule has 1 rings (SSSR count). The number of nitrogens with zero attached hydrogens (tertiary/aromatic N) is 1. The fraction of sp³-hybridized carbons (Fsp3) is 0.389. The molecule has 9 heteroatoms. The van der Waals surface area contributed by atoms with Gasteiger partial charge in [0.15, 0.2) is 6.61 Å². The maximum absolute atomic E-state index is 12.1. The van der Waals surface area contributed by atoms with E-state index < -0.39 is 34.0 Å². The van der Waals surface area contributed by atoms with Crippen LogP contribution in [0.3, 0.4) is 0 Å². The van der Waals surface area contributed by atoms with Gasteiger partial charge in [-0.15, -0.1) is 6.58 Å². The summed E-state index contributed by atoms with van der Waals surface area (Å²) in [6.45, 7) is 8.02. The first-order chi connectivity index (χ1) is 12.6. The van der Waals surface area contributed by atoms with Crippen LogP contribution in [0.2, 0.25) is 0 Å². The van der Waals surface area contributed by atoms with Gasteiger partial charge >= 0.3 is 5.97 Å². The molecule has 1 atom stereocenters. The van der Waals surface area contributed by atoms with Crippen molar-refractivity contribution in [1.82, 2.24) is 10.0 Å². The third-order valence-corrected chi connectivity index (χ3v) is 5.34. The quantitative estimate of drug-likeness (QED) is 0.482. The highest BCUT2D eigenvalue weighted by atomic mass is 32.2.